The Balaban J connectivity index is 2.12. The third-order valence-corrected chi connectivity index (χ3v) is 2.93. The van der Waals surface area contributed by atoms with Gasteiger partial charge in [0, 0.05) is 5.92 Å². The minimum Gasteiger partial charge on any atom is -0.454 e. The number of fused-ring (bicyclic) bond motifs is 1. The van der Waals surface area contributed by atoms with Gasteiger partial charge in [-0.1, -0.05) is 25.1 Å². The third kappa shape index (κ3) is 1.59. The second kappa shape index (κ2) is 3.94. The highest BCUT2D eigenvalue weighted by Crippen LogP contribution is 2.40. The number of nitrogens with zero attached hydrogens (tertiary/aromatic N) is 1. The van der Waals surface area contributed by atoms with Gasteiger partial charge in [0.05, 0.1) is 5.56 Å². The molecule has 0 saturated carbocycles. The Morgan fingerprint density at radius 1 is 1.22 bits per heavy atom. The van der Waals surface area contributed by atoms with Crippen molar-refractivity contribution in [3.05, 3.63) is 24.0 Å². The molecular formula is C13H14N2O3. The standard InChI is InChI=1S/C13H14N2O3/c1-7(2)12-11(13(14)15-18-12)8-3-4-9-10(5-8)17-6-16-9/h3-5,7H,6H2,1-2H3,(H2,14,15). The summed E-state index contributed by atoms with van der Waals surface area (Å²) in [5, 5.41) is 3.84. The number of hydrogen-bond acceptors (Lipinski definition) is 5. The first-order valence-corrected chi connectivity index (χ1v) is 5.82. The number of nitrogens with two attached hydrogens (primary N) is 1. The van der Waals surface area contributed by atoms with Crippen molar-refractivity contribution in [3.8, 4) is 22.6 Å². The van der Waals surface area contributed by atoms with Crippen molar-refractivity contribution in [1.82, 2.24) is 5.16 Å². The maximum absolute atomic E-state index is 5.88. The molecule has 0 fully saturated rings. The van der Waals surface area contributed by atoms with Crippen LogP contribution in [0.2, 0.25) is 0 Å². The van der Waals surface area contributed by atoms with Crippen molar-refractivity contribution in [1.29, 1.82) is 0 Å². The maximum Gasteiger partial charge on any atom is 0.231 e. The fraction of sp³-hybridized carbons (Fsp3) is 0.308. The summed E-state index contributed by atoms with van der Waals surface area (Å²) in [5.41, 5.74) is 7.65. The topological polar surface area (TPSA) is 70.5 Å². The zero-order valence-corrected chi connectivity index (χ0v) is 10.3. The summed E-state index contributed by atoms with van der Waals surface area (Å²) in [7, 11) is 0. The predicted octanol–water partition coefficient (Wildman–Crippen LogP) is 2.78. The molecule has 94 valence electrons. The van der Waals surface area contributed by atoms with Crippen LogP contribution in [0.1, 0.15) is 25.5 Å². The Labute approximate surface area is 104 Å². The van der Waals surface area contributed by atoms with E-state index in [1.54, 1.807) is 0 Å². The molecule has 0 unspecified atom stereocenters. The molecule has 2 N–H and O–H groups in total. The van der Waals surface area contributed by atoms with Gasteiger partial charge < -0.3 is 19.7 Å². The van der Waals surface area contributed by atoms with Gasteiger partial charge in [-0.05, 0) is 17.7 Å². The van der Waals surface area contributed by atoms with Crippen molar-refractivity contribution in [2.24, 2.45) is 0 Å². The number of rotatable bonds is 2. The van der Waals surface area contributed by atoms with Crippen LogP contribution < -0.4 is 15.2 Å². The highest BCUT2D eigenvalue weighted by molar-refractivity contribution is 5.77. The predicted molar refractivity (Wildman–Crippen MR) is 66.6 cm³/mol. The van der Waals surface area contributed by atoms with E-state index in [9.17, 15) is 0 Å². The first-order valence-electron chi connectivity index (χ1n) is 5.82. The SMILES string of the molecule is CC(C)c1onc(N)c1-c1ccc2c(c1)OCO2. The van der Waals surface area contributed by atoms with Crippen molar-refractivity contribution < 1.29 is 14.0 Å². The quantitative estimate of drug-likeness (QED) is 0.882. The van der Waals surface area contributed by atoms with Crippen LogP contribution in [-0.4, -0.2) is 11.9 Å². The van der Waals surface area contributed by atoms with E-state index in [0.717, 1.165) is 28.4 Å². The van der Waals surface area contributed by atoms with Crippen LogP contribution in [0.5, 0.6) is 11.5 Å². The van der Waals surface area contributed by atoms with Crippen LogP contribution in [0.25, 0.3) is 11.1 Å². The molecule has 0 radical (unpaired) electrons. The van der Waals surface area contributed by atoms with E-state index >= 15 is 0 Å². The van der Waals surface area contributed by atoms with E-state index in [1.165, 1.54) is 0 Å². The van der Waals surface area contributed by atoms with Gasteiger partial charge in [0.2, 0.25) is 6.79 Å². The number of nitrogen functional groups attached to an aromatic ring is 1. The fourth-order valence-electron chi connectivity index (χ4n) is 2.05. The van der Waals surface area contributed by atoms with Crippen molar-refractivity contribution in [2.45, 2.75) is 19.8 Å². The first-order chi connectivity index (χ1) is 8.66. The van der Waals surface area contributed by atoms with Crippen LogP contribution in [-0.2, 0) is 0 Å². The van der Waals surface area contributed by atoms with Crippen LogP contribution in [0.15, 0.2) is 22.7 Å². The first kappa shape index (κ1) is 11.0. The molecular weight excluding hydrogens is 232 g/mol. The van der Waals surface area contributed by atoms with Crippen LogP contribution >= 0.6 is 0 Å². The number of ether oxygens (including phenoxy) is 2. The van der Waals surface area contributed by atoms with Gasteiger partial charge in [0.25, 0.3) is 0 Å². The molecule has 1 aliphatic rings. The van der Waals surface area contributed by atoms with Gasteiger partial charge in [-0.3, -0.25) is 0 Å². The molecule has 1 aliphatic heterocycles. The molecule has 2 aromatic rings. The van der Waals surface area contributed by atoms with E-state index < -0.39 is 0 Å². The average molecular weight is 246 g/mol. The highest BCUT2D eigenvalue weighted by Gasteiger charge is 2.21. The van der Waals surface area contributed by atoms with Gasteiger partial charge in [-0.25, -0.2) is 0 Å². The van der Waals surface area contributed by atoms with Gasteiger partial charge >= 0.3 is 0 Å². The summed E-state index contributed by atoms with van der Waals surface area (Å²) in [5.74, 6) is 2.88. The second-order valence-electron chi connectivity index (χ2n) is 4.53. The second-order valence-corrected chi connectivity index (χ2v) is 4.53. The molecule has 0 atom stereocenters. The lowest BCUT2D eigenvalue weighted by atomic mass is 9.99. The molecule has 1 aromatic carbocycles. The third-order valence-electron chi connectivity index (χ3n) is 2.93. The minimum atomic E-state index is 0.218. The Morgan fingerprint density at radius 3 is 2.78 bits per heavy atom. The summed E-state index contributed by atoms with van der Waals surface area (Å²) in [6.07, 6.45) is 0. The van der Waals surface area contributed by atoms with Crippen LogP contribution in [0, 0.1) is 0 Å². The Hall–Kier alpha value is -2.17. The maximum atomic E-state index is 5.88. The largest absolute Gasteiger partial charge is 0.454 e. The molecule has 5 heteroatoms. The zero-order valence-electron chi connectivity index (χ0n) is 10.3. The van der Waals surface area contributed by atoms with Gasteiger partial charge in [-0.2, -0.15) is 0 Å². The molecule has 0 bridgehead atoms. The van der Waals surface area contributed by atoms with E-state index in [-0.39, 0.29) is 12.7 Å². The molecule has 0 saturated heterocycles. The van der Waals surface area contributed by atoms with Crippen LogP contribution in [0.4, 0.5) is 5.82 Å². The minimum absolute atomic E-state index is 0.218. The van der Waals surface area contributed by atoms with Gasteiger partial charge in [-0.15, -0.1) is 0 Å². The van der Waals surface area contributed by atoms with E-state index in [4.69, 9.17) is 19.7 Å². The summed E-state index contributed by atoms with van der Waals surface area (Å²) in [6.45, 7) is 4.34. The Bertz CT molecular complexity index is 590. The Morgan fingerprint density at radius 2 is 2.00 bits per heavy atom. The Kier molecular flexibility index (Phi) is 2.40. The average Bonchev–Trinajstić information content (AvgIpc) is 2.93. The van der Waals surface area contributed by atoms with Crippen LogP contribution in [0.3, 0.4) is 0 Å². The van der Waals surface area contributed by atoms with Crippen molar-refractivity contribution in [2.75, 3.05) is 12.5 Å². The number of anilines is 1. The molecule has 18 heavy (non-hydrogen) atoms. The highest BCUT2D eigenvalue weighted by atomic mass is 16.7. The normalized spacial score (nSPS) is 13.3. The van der Waals surface area contributed by atoms with Gasteiger partial charge in [0.1, 0.15) is 5.76 Å². The lowest BCUT2D eigenvalue weighted by Gasteiger charge is -2.06. The van der Waals surface area contributed by atoms with E-state index in [0.29, 0.717) is 5.82 Å². The molecule has 2 heterocycles. The van der Waals surface area contributed by atoms with Crippen molar-refractivity contribution >= 4 is 5.82 Å². The van der Waals surface area contributed by atoms with E-state index in [1.807, 2.05) is 32.0 Å². The summed E-state index contributed by atoms with van der Waals surface area (Å²) in [6, 6.07) is 5.70. The lowest BCUT2D eigenvalue weighted by molar-refractivity contribution is 0.174. The molecule has 0 amide bonds. The summed E-state index contributed by atoms with van der Waals surface area (Å²) in [4.78, 5) is 0. The monoisotopic (exact) mass is 246 g/mol. The fourth-order valence-corrected chi connectivity index (χ4v) is 2.05. The zero-order chi connectivity index (χ0) is 12.7. The number of benzene rings is 1. The van der Waals surface area contributed by atoms with Gasteiger partial charge in [0.15, 0.2) is 17.3 Å². The summed E-state index contributed by atoms with van der Waals surface area (Å²) >= 11 is 0. The lowest BCUT2D eigenvalue weighted by Crippen LogP contribution is -1.93. The number of hydrogen-bond donors (Lipinski definition) is 1. The smallest absolute Gasteiger partial charge is 0.231 e. The van der Waals surface area contributed by atoms with Crippen molar-refractivity contribution in [3.63, 3.8) is 0 Å². The molecule has 5 nitrogen and oxygen atoms in total. The molecule has 3 rings (SSSR count). The number of aromatic nitrogens is 1. The van der Waals surface area contributed by atoms with E-state index in [2.05, 4.69) is 5.16 Å². The molecule has 0 aliphatic carbocycles. The molecule has 1 aromatic heterocycles. The molecule has 0 spiro atoms. The summed E-state index contributed by atoms with van der Waals surface area (Å²) < 4.78 is 15.9.